The zero-order chi connectivity index (χ0) is 18.4. The molecule has 0 N–H and O–H groups in total. The van der Waals surface area contributed by atoms with Gasteiger partial charge in [-0.25, -0.2) is 0 Å². The Labute approximate surface area is 195 Å². The van der Waals surface area contributed by atoms with Gasteiger partial charge in [-0.1, -0.05) is 62.2 Å². The van der Waals surface area contributed by atoms with Gasteiger partial charge in [0.05, 0.1) is 0 Å². The second-order valence-corrected chi connectivity index (χ2v) is 10.4. The molecule has 0 amide bonds. The summed E-state index contributed by atoms with van der Waals surface area (Å²) in [5.41, 5.74) is 8.05. The molecule has 0 nitrogen and oxygen atoms in total. The largest absolute Gasteiger partial charge is 0.813 e. The molecule has 3 aromatic carbocycles. The van der Waals surface area contributed by atoms with Gasteiger partial charge in [0.1, 0.15) is 0 Å². The Hall–Kier alpha value is -0.307. The summed E-state index contributed by atoms with van der Waals surface area (Å²) in [5, 5.41) is 0. The number of hydrogen-bond acceptors (Lipinski definition) is 1. The Morgan fingerprint density at radius 1 is 0.926 bits per heavy atom. The number of benzene rings is 3. The zero-order valence-corrected chi connectivity index (χ0v) is 20.8. The fourth-order valence-electron chi connectivity index (χ4n) is 3.18. The number of rotatable bonds is 0. The van der Waals surface area contributed by atoms with E-state index in [0.29, 0.717) is 0 Å². The van der Waals surface area contributed by atoms with Gasteiger partial charge >= 0.3 is 37.9 Å². The summed E-state index contributed by atoms with van der Waals surface area (Å²) in [7, 11) is 9.87. The van der Waals surface area contributed by atoms with Crippen molar-refractivity contribution in [2.45, 2.75) is 12.8 Å². The third-order valence-electron chi connectivity index (χ3n) is 4.28. The number of halogens is 3. The van der Waals surface area contributed by atoms with E-state index in [2.05, 4.69) is 76.6 Å². The van der Waals surface area contributed by atoms with E-state index < -0.39 is 20.8 Å². The first-order chi connectivity index (χ1) is 12.7. The Kier molecular flexibility index (Phi) is 9.90. The molecular weight excluding hydrogens is 538 g/mol. The third kappa shape index (κ3) is 5.84. The first-order valence-corrected chi connectivity index (χ1v) is 15.3. The van der Waals surface area contributed by atoms with E-state index in [1.165, 1.54) is 37.9 Å². The second kappa shape index (κ2) is 11.6. The molecule has 0 aliphatic heterocycles. The molecule has 0 fully saturated rings. The van der Waals surface area contributed by atoms with Crippen molar-refractivity contribution in [2.75, 3.05) is 0 Å². The Morgan fingerprint density at radius 3 is 2.44 bits per heavy atom. The minimum atomic E-state index is -0.826. The molecule has 5 rings (SSSR count). The molecule has 2 aliphatic carbocycles. The van der Waals surface area contributed by atoms with E-state index in [1.807, 2.05) is 18.2 Å². The number of allylic oxidation sites excluding steroid dienone is 1. The molecule has 3 aromatic rings. The minimum absolute atomic E-state index is 0. The summed E-state index contributed by atoms with van der Waals surface area (Å²) in [6, 6.07) is 25.2. The summed E-state index contributed by atoms with van der Waals surface area (Å²) < 4.78 is 1.18. The van der Waals surface area contributed by atoms with Crippen LogP contribution in [0.15, 0.2) is 65.1 Å². The molecule has 0 aromatic heterocycles. The maximum atomic E-state index is 4.93. The topological polar surface area (TPSA) is 0 Å². The van der Waals surface area contributed by atoms with Gasteiger partial charge in [-0.15, -0.1) is 58.7 Å². The number of fused-ring (bicyclic) bond motifs is 4. The van der Waals surface area contributed by atoms with Gasteiger partial charge in [0.25, 0.3) is 0 Å². The summed E-state index contributed by atoms with van der Waals surface area (Å²) >= 11 is 2.77. The van der Waals surface area contributed by atoms with Crippen LogP contribution in [0, 0.1) is 12.1 Å². The van der Waals surface area contributed by atoms with Crippen LogP contribution < -0.4 is 0 Å². The van der Waals surface area contributed by atoms with E-state index >= 15 is 0 Å². The molecule has 0 radical (unpaired) electrons. The molecule has 138 valence electrons. The quantitative estimate of drug-likeness (QED) is 0.128. The zero-order valence-electron chi connectivity index (χ0n) is 14.3. The first-order valence-electron chi connectivity index (χ1n) is 8.14. The van der Waals surface area contributed by atoms with Crippen LogP contribution >= 0.6 is 33.0 Å². The molecule has 0 unspecified atom stereocenters. The van der Waals surface area contributed by atoms with E-state index in [1.54, 1.807) is 0 Å². The van der Waals surface area contributed by atoms with Crippen molar-refractivity contribution in [1.82, 2.24) is 0 Å². The van der Waals surface area contributed by atoms with Crippen molar-refractivity contribution in [3.63, 3.8) is 0 Å². The van der Waals surface area contributed by atoms with Gasteiger partial charge in [0.15, 0.2) is 0 Å². The van der Waals surface area contributed by atoms with Gasteiger partial charge in [-0.2, -0.15) is 18.2 Å². The van der Waals surface area contributed by atoms with E-state index in [-0.39, 0.29) is 13.5 Å². The first kappa shape index (κ1) is 23.0. The van der Waals surface area contributed by atoms with Crippen LogP contribution in [0.1, 0.15) is 22.3 Å². The van der Waals surface area contributed by atoms with Crippen molar-refractivity contribution in [3.8, 4) is 11.1 Å². The molecule has 0 bridgehead atoms. The van der Waals surface area contributed by atoms with Crippen LogP contribution in [-0.4, -0.2) is 0 Å². The molecule has 2 aliphatic rings. The Morgan fingerprint density at radius 2 is 1.67 bits per heavy atom. The average molecular weight is 554 g/mol. The van der Waals surface area contributed by atoms with Crippen molar-refractivity contribution >= 4 is 52.5 Å². The fraction of sp³-hybridized carbons (Fsp3) is 0.0909. The molecule has 27 heavy (non-hydrogen) atoms. The van der Waals surface area contributed by atoms with E-state index in [9.17, 15) is 0 Å². The molecule has 0 atom stereocenters. The standard InChI is InChI=1S/C13H8Br.C9H7.2ClH.H2S.Zr/c14-12-7-3-5-10-8-9-4-1-2-6-11(9)13(10)12;1-2-5-9-7-3-6-8(9)4-1;;;;/h1-4,6-7H,8H2;1-4,7H,6H2;2*1H;1H2;/q2*-1;;;;+2/p-3. The van der Waals surface area contributed by atoms with Crippen molar-refractivity contribution in [1.29, 1.82) is 0 Å². The predicted octanol–water partition coefficient (Wildman–Crippen LogP) is 6.98. The fourth-order valence-corrected chi connectivity index (χ4v) is 3.76. The minimum Gasteiger partial charge on any atom is -0.813 e. The maximum absolute atomic E-state index is 4.93. The predicted molar refractivity (Wildman–Crippen MR) is 120 cm³/mol. The van der Waals surface area contributed by atoms with Crippen LogP contribution in [0.4, 0.5) is 0 Å². The van der Waals surface area contributed by atoms with Crippen LogP contribution in [-0.2, 0) is 47.2 Å². The molecule has 0 heterocycles. The SMILES string of the molecule is Brc1cc[c-]c2c1-c1ccccc1C2.[Cl][Zr][Cl].[SH-].[c-]1cccc2c1C=CC2. The average Bonchev–Trinajstić information content (AvgIpc) is 3.28. The molecule has 0 saturated carbocycles. The summed E-state index contributed by atoms with van der Waals surface area (Å²) in [4.78, 5) is 0. The molecule has 0 saturated heterocycles. The molecular formula is C22H16BrCl2SZr-3. The van der Waals surface area contributed by atoms with Crippen LogP contribution in [0.2, 0.25) is 0 Å². The second-order valence-electron chi connectivity index (χ2n) is 5.80. The third-order valence-corrected chi connectivity index (χ3v) is 4.94. The van der Waals surface area contributed by atoms with Crippen LogP contribution in [0.5, 0.6) is 0 Å². The van der Waals surface area contributed by atoms with E-state index in [0.717, 1.165) is 12.8 Å². The summed E-state index contributed by atoms with van der Waals surface area (Å²) in [6.07, 6.45) is 6.40. The van der Waals surface area contributed by atoms with Crippen LogP contribution in [0.25, 0.3) is 17.2 Å². The smallest absolute Gasteiger partial charge is 0.0528 e. The summed E-state index contributed by atoms with van der Waals surface area (Å²) in [6.45, 7) is 0. The van der Waals surface area contributed by atoms with Gasteiger partial charge < -0.3 is 13.5 Å². The van der Waals surface area contributed by atoms with Crippen LogP contribution in [0.3, 0.4) is 0 Å². The molecule has 0 spiro atoms. The maximum Gasteiger partial charge on any atom is -0.0528 e. The van der Waals surface area contributed by atoms with Crippen molar-refractivity contribution in [2.24, 2.45) is 0 Å². The van der Waals surface area contributed by atoms with Crippen molar-refractivity contribution < 1.29 is 20.8 Å². The van der Waals surface area contributed by atoms with Crippen molar-refractivity contribution in [3.05, 3.63) is 99.5 Å². The molecule has 5 heteroatoms. The number of hydrogen-bond donors (Lipinski definition) is 0. The Bertz CT molecular complexity index is 928. The van der Waals surface area contributed by atoms with Gasteiger partial charge in [0.2, 0.25) is 0 Å². The normalized spacial score (nSPS) is 11.5. The van der Waals surface area contributed by atoms with Gasteiger partial charge in [0, 0.05) is 0 Å². The van der Waals surface area contributed by atoms with Gasteiger partial charge in [-0.05, 0) is 6.42 Å². The summed E-state index contributed by atoms with van der Waals surface area (Å²) in [5.74, 6) is 0. The van der Waals surface area contributed by atoms with Gasteiger partial charge in [-0.3, -0.25) is 0 Å². The Balaban J connectivity index is 0.000000175. The van der Waals surface area contributed by atoms with E-state index in [4.69, 9.17) is 17.0 Å². The number of thiol groups is 1. The monoisotopic (exact) mass is 551 g/mol.